The molecule has 1 aliphatic rings. The first-order chi connectivity index (χ1) is 15.1. The summed E-state index contributed by atoms with van der Waals surface area (Å²) in [6.45, 7) is 3.85. The maximum Gasteiger partial charge on any atom is 0.323 e. The fourth-order valence-corrected chi connectivity index (χ4v) is 3.74. The van der Waals surface area contributed by atoms with E-state index in [1.54, 1.807) is 6.07 Å². The van der Waals surface area contributed by atoms with Gasteiger partial charge in [0.15, 0.2) is 0 Å². The van der Waals surface area contributed by atoms with Gasteiger partial charge in [-0.25, -0.2) is 4.79 Å². The molecule has 1 heterocycles. The van der Waals surface area contributed by atoms with E-state index < -0.39 is 0 Å². The van der Waals surface area contributed by atoms with Crippen LogP contribution in [-0.2, 0) is 0 Å². The van der Waals surface area contributed by atoms with E-state index in [0.717, 1.165) is 37.2 Å². The van der Waals surface area contributed by atoms with Gasteiger partial charge in [-0.2, -0.15) is 0 Å². The number of hydrogen-bond donors (Lipinski definition) is 3. The van der Waals surface area contributed by atoms with Crippen molar-refractivity contribution in [3.05, 3.63) is 83.9 Å². The fraction of sp³-hybridized carbons (Fsp3) is 0.200. The monoisotopic (exact) mass is 414 g/mol. The minimum atomic E-state index is -0.325. The highest BCUT2D eigenvalue weighted by atomic mass is 16.2. The molecule has 0 aliphatic carbocycles. The molecule has 3 aromatic carbocycles. The highest BCUT2D eigenvalue weighted by Gasteiger charge is 2.18. The predicted octanol–water partition coefficient (Wildman–Crippen LogP) is 5.49. The van der Waals surface area contributed by atoms with E-state index in [1.807, 2.05) is 73.7 Å². The molecule has 3 aromatic rings. The van der Waals surface area contributed by atoms with Crippen molar-refractivity contribution in [2.45, 2.75) is 19.8 Å². The van der Waals surface area contributed by atoms with E-state index in [0.29, 0.717) is 22.6 Å². The molecular formula is C25H26N4O2. The highest BCUT2D eigenvalue weighted by molar-refractivity contribution is 6.06. The second kappa shape index (κ2) is 9.34. The lowest BCUT2D eigenvalue weighted by molar-refractivity contribution is 0.102. The molecule has 0 aromatic heterocycles. The summed E-state index contributed by atoms with van der Waals surface area (Å²) in [6.07, 6.45) is 2.25. The summed E-state index contributed by atoms with van der Waals surface area (Å²) in [6, 6.07) is 22.1. The number of urea groups is 1. The zero-order valence-electron chi connectivity index (χ0n) is 17.5. The Balaban J connectivity index is 1.55. The Morgan fingerprint density at radius 3 is 2.29 bits per heavy atom. The Bertz CT molecular complexity index is 1080. The second-order valence-corrected chi connectivity index (χ2v) is 7.69. The zero-order valence-corrected chi connectivity index (χ0v) is 17.5. The smallest absolute Gasteiger partial charge is 0.323 e. The number of hydrogen-bond acceptors (Lipinski definition) is 3. The standard InChI is InChI=1S/C25H26N4O2/c1-18-8-7-9-19(16-18)24(30)26-21-12-13-23(29-14-5-6-15-29)22(17-21)28-25(31)27-20-10-3-2-4-11-20/h2-4,7-13,16-17H,5-6,14-15H2,1H3,(H,26,30)(H2,27,28,31). The van der Waals surface area contributed by atoms with Crippen LogP contribution in [0.5, 0.6) is 0 Å². The van der Waals surface area contributed by atoms with Crippen molar-refractivity contribution in [3.63, 3.8) is 0 Å². The Morgan fingerprint density at radius 1 is 0.774 bits per heavy atom. The molecule has 1 fully saturated rings. The Hall–Kier alpha value is -3.80. The number of aryl methyl sites for hydroxylation is 1. The number of nitrogens with zero attached hydrogens (tertiary/aromatic N) is 1. The average molecular weight is 415 g/mol. The van der Waals surface area contributed by atoms with Gasteiger partial charge in [-0.15, -0.1) is 0 Å². The third-order valence-corrected chi connectivity index (χ3v) is 5.26. The van der Waals surface area contributed by atoms with Crippen LogP contribution in [0.1, 0.15) is 28.8 Å². The molecule has 158 valence electrons. The third-order valence-electron chi connectivity index (χ3n) is 5.26. The molecule has 3 N–H and O–H groups in total. The summed E-state index contributed by atoms with van der Waals surface area (Å²) < 4.78 is 0. The van der Waals surface area contributed by atoms with Crippen LogP contribution in [0.4, 0.5) is 27.5 Å². The Labute approximate surface area is 182 Å². The number of carbonyl (C=O) groups is 2. The molecular weight excluding hydrogens is 388 g/mol. The minimum Gasteiger partial charge on any atom is -0.370 e. The summed E-state index contributed by atoms with van der Waals surface area (Å²) in [5, 5.41) is 8.74. The van der Waals surface area contributed by atoms with E-state index in [9.17, 15) is 9.59 Å². The molecule has 0 unspecified atom stereocenters. The first-order valence-corrected chi connectivity index (χ1v) is 10.5. The zero-order chi connectivity index (χ0) is 21.6. The molecule has 0 spiro atoms. The minimum absolute atomic E-state index is 0.183. The molecule has 0 atom stereocenters. The largest absolute Gasteiger partial charge is 0.370 e. The van der Waals surface area contributed by atoms with Gasteiger partial charge in [0.05, 0.1) is 11.4 Å². The van der Waals surface area contributed by atoms with Gasteiger partial charge in [-0.1, -0.05) is 35.9 Å². The van der Waals surface area contributed by atoms with E-state index in [4.69, 9.17) is 0 Å². The maximum absolute atomic E-state index is 12.7. The van der Waals surface area contributed by atoms with Gasteiger partial charge < -0.3 is 20.9 Å². The molecule has 1 aliphatic heterocycles. The molecule has 0 bridgehead atoms. The van der Waals surface area contributed by atoms with Crippen molar-refractivity contribution in [1.82, 2.24) is 0 Å². The van der Waals surface area contributed by atoms with Crippen LogP contribution < -0.4 is 20.9 Å². The van der Waals surface area contributed by atoms with Crippen LogP contribution in [0.3, 0.4) is 0 Å². The van der Waals surface area contributed by atoms with Crippen molar-refractivity contribution in [3.8, 4) is 0 Å². The lowest BCUT2D eigenvalue weighted by Crippen LogP contribution is -2.24. The van der Waals surface area contributed by atoms with Gasteiger partial charge >= 0.3 is 6.03 Å². The molecule has 6 heteroatoms. The van der Waals surface area contributed by atoms with Crippen LogP contribution in [0, 0.1) is 6.92 Å². The summed E-state index contributed by atoms with van der Waals surface area (Å²) >= 11 is 0. The SMILES string of the molecule is Cc1cccc(C(=O)Nc2ccc(N3CCCC3)c(NC(=O)Nc3ccccc3)c2)c1. The van der Waals surface area contributed by atoms with Crippen molar-refractivity contribution >= 4 is 34.7 Å². The van der Waals surface area contributed by atoms with E-state index in [-0.39, 0.29) is 11.9 Å². The number of rotatable bonds is 5. The van der Waals surface area contributed by atoms with Gasteiger partial charge in [0, 0.05) is 30.0 Å². The lowest BCUT2D eigenvalue weighted by Gasteiger charge is -2.22. The lowest BCUT2D eigenvalue weighted by atomic mass is 10.1. The summed E-state index contributed by atoms with van der Waals surface area (Å²) in [4.78, 5) is 27.5. The van der Waals surface area contributed by atoms with Gasteiger partial charge in [0.2, 0.25) is 0 Å². The van der Waals surface area contributed by atoms with Gasteiger partial charge in [0.1, 0.15) is 0 Å². The highest BCUT2D eigenvalue weighted by Crippen LogP contribution is 2.32. The number of carbonyl (C=O) groups excluding carboxylic acids is 2. The first kappa shape index (κ1) is 20.5. The fourth-order valence-electron chi connectivity index (χ4n) is 3.74. The second-order valence-electron chi connectivity index (χ2n) is 7.69. The molecule has 6 nitrogen and oxygen atoms in total. The maximum atomic E-state index is 12.7. The molecule has 3 amide bonds. The van der Waals surface area contributed by atoms with Gasteiger partial charge in [0.25, 0.3) is 5.91 Å². The Kier molecular flexibility index (Phi) is 6.17. The van der Waals surface area contributed by atoms with Gasteiger partial charge in [-0.05, 0) is 62.2 Å². The van der Waals surface area contributed by atoms with Crippen molar-refractivity contribution in [1.29, 1.82) is 0 Å². The number of anilines is 4. The number of benzene rings is 3. The Morgan fingerprint density at radius 2 is 1.55 bits per heavy atom. The molecule has 31 heavy (non-hydrogen) atoms. The van der Waals surface area contributed by atoms with Gasteiger partial charge in [-0.3, -0.25) is 4.79 Å². The normalized spacial score (nSPS) is 13.0. The van der Waals surface area contributed by atoms with Crippen molar-refractivity contribution in [2.75, 3.05) is 33.9 Å². The molecule has 0 radical (unpaired) electrons. The first-order valence-electron chi connectivity index (χ1n) is 10.5. The molecule has 4 rings (SSSR count). The van der Waals surface area contributed by atoms with Crippen molar-refractivity contribution in [2.24, 2.45) is 0 Å². The van der Waals surface area contributed by atoms with E-state index >= 15 is 0 Å². The molecule has 1 saturated heterocycles. The summed E-state index contributed by atoms with van der Waals surface area (Å²) in [5.41, 5.74) is 4.58. The van der Waals surface area contributed by atoms with Crippen molar-refractivity contribution < 1.29 is 9.59 Å². The third kappa shape index (κ3) is 5.22. The predicted molar refractivity (Wildman–Crippen MR) is 126 cm³/mol. The van der Waals surface area contributed by atoms with Crippen LogP contribution in [0.2, 0.25) is 0 Å². The van der Waals surface area contributed by atoms with Crippen LogP contribution in [-0.4, -0.2) is 25.0 Å². The van der Waals surface area contributed by atoms with E-state index in [1.165, 1.54) is 0 Å². The quantitative estimate of drug-likeness (QED) is 0.517. The number of para-hydroxylation sites is 1. The van der Waals surface area contributed by atoms with Crippen LogP contribution >= 0.6 is 0 Å². The topological polar surface area (TPSA) is 73.5 Å². The molecule has 0 saturated carbocycles. The van der Waals surface area contributed by atoms with Crippen LogP contribution in [0.25, 0.3) is 0 Å². The van der Waals surface area contributed by atoms with E-state index in [2.05, 4.69) is 20.9 Å². The number of nitrogens with one attached hydrogen (secondary N) is 3. The van der Waals surface area contributed by atoms with Crippen LogP contribution in [0.15, 0.2) is 72.8 Å². The summed E-state index contributed by atoms with van der Waals surface area (Å²) in [5.74, 6) is -0.183. The summed E-state index contributed by atoms with van der Waals surface area (Å²) in [7, 11) is 0. The average Bonchev–Trinajstić information content (AvgIpc) is 3.29. The number of amides is 3.